The average Bonchev–Trinajstić information content (AvgIpc) is 2.78. The lowest BCUT2D eigenvalue weighted by Crippen LogP contribution is -2.06. The zero-order chi connectivity index (χ0) is 11.4. The van der Waals surface area contributed by atoms with Crippen molar-refractivity contribution in [3.05, 3.63) is 47.6 Å². The molecule has 4 heteroatoms. The number of hydrogen-bond donors (Lipinski definition) is 1. The van der Waals surface area contributed by atoms with E-state index < -0.39 is 0 Å². The van der Waals surface area contributed by atoms with Gasteiger partial charge in [0.15, 0.2) is 5.82 Å². The molecule has 1 heterocycles. The lowest BCUT2D eigenvalue weighted by atomic mass is 10.0. The number of rotatable bonds is 4. The maximum Gasteiger partial charge on any atom is 0.233 e. The molecule has 1 unspecified atom stereocenters. The summed E-state index contributed by atoms with van der Waals surface area (Å²) in [6, 6.07) is 10.1. The molecule has 2 rings (SSSR count). The van der Waals surface area contributed by atoms with Gasteiger partial charge < -0.3 is 9.84 Å². The van der Waals surface area contributed by atoms with E-state index in [0.29, 0.717) is 18.3 Å². The first-order valence-electron chi connectivity index (χ1n) is 5.33. The van der Waals surface area contributed by atoms with Crippen LogP contribution in [0.15, 0.2) is 34.9 Å². The molecule has 1 atom stereocenters. The molecule has 16 heavy (non-hydrogen) atoms. The van der Waals surface area contributed by atoms with Crippen molar-refractivity contribution in [1.82, 2.24) is 15.5 Å². The third-order valence-electron chi connectivity index (χ3n) is 2.49. The first-order chi connectivity index (χ1) is 7.81. The van der Waals surface area contributed by atoms with Gasteiger partial charge in [0.25, 0.3) is 0 Å². The van der Waals surface area contributed by atoms with Crippen LogP contribution in [0, 0.1) is 0 Å². The van der Waals surface area contributed by atoms with Crippen LogP contribution in [0.5, 0.6) is 0 Å². The molecule has 0 radical (unpaired) electrons. The van der Waals surface area contributed by atoms with Crippen LogP contribution < -0.4 is 5.32 Å². The highest BCUT2D eigenvalue weighted by Gasteiger charge is 2.15. The van der Waals surface area contributed by atoms with Gasteiger partial charge in [-0.25, -0.2) is 0 Å². The molecule has 1 N–H and O–H groups in total. The summed E-state index contributed by atoms with van der Waals surface area (Å²) in [5.41, 5.74) is 1.18. The molecule has 0 aliphatic heterocycles. The van der Waals surface area contributed by atoms with Gasteiger partial charge in [-0.3, -0.25) is 0 Å². The smallest absolute Gasteiger partial charge is 0.233 e. The summed E-state index contributed by atoms with van der Waals surface area (Å²) in [4.78, 5) is 4.34. The number of nitrogens with one attached hydrogen (secondary N) is 1. The van der Waals surface area contributed by atoms with Gasteiger partial charge in [-0.05, 0) is 19.5 Å². The molecular weight excluding hydrogens is 202 g/mol. The van der Waals surface area contributed by atoms with E-state index in [0.717, 1.165) is 0 Å². The molecule has 0 aliphatic rings. The van der Waals surface area contributed by atoms with Gasteiger partial charge in [0.05, 0.1) is 12.5 Å². The van der Waals surface area contributed by atoms with Crippen LogP contribution in [0.4, 0.5) is 0 Å². The Balaban J connectivity index is 2.17. The molecule has 0 amide bonds. The molecule has 1 aromatic carbocycles. The number of benzene rings is 1. The Kier molecular flexibility index (Phi) is 3.31. The predicted molar refractivity (Wildman–Crippen MR) is 61.0 cm³/mol. The lowest BCUT2D eigenvalue weighted by molar-refractivity contribution is 0.364. The highest BCUT2D eigenvalue weighted by molar-refractivity contribution is 5.23. The second-order valence-electron chi connectivity index (χ2n) is 3.71. The van der Waals surface area contributed by atoms with Crippen molar-refractivity contribution >= 4 is 0 Å². The first-order valence-corrected chi connectivity index (χ1v) is 5.33. The highest BCUT2D eigenvalue weighted by Crippen LogP contribution is 2.21. The Morgan fingerprint density at radius 1 is 1.31 bits per heavy atom. The third kappa shape index (κ3) is 2.28. The van der Waals surface area contributed by atoms with Gasteiger partial charge >= 0.3 is 0 Å². The fourth-order valence-electron chi connectivity index (χ4n) is 1.56. The van der Waals surface area contributed by atoms with Gasteiger partial charge in [0.2, 0.25) is 5.89 Å². The zero-order valence-electron chi connectivity index (χ0n) is 9.47. The summed E-state index contributed by atoms with van der Waals surface area (Å²) in [5, 5.41) is 6.89. The van der Waals surface area contributed by atoms with Gasteiger partial charge in [-0.15, -0.1) is 0 Å². The minimum absolute atomic E-state index is 0.138. The van der Waals surface area contributed by atoms with E-state index in [2.05, 4.69) is 34.5 Å². The summed E-state index contributed by atoms with van der Waals surface area (Å²) in [6.07, 6.45) is 0. The van der Waals surface area contributed by atoms with Gasteiger partial charge in [-0.1, -0.05) is 35.5 Å². The van der Waals surface area contributed by atoms with Gasteiger partial charge in [0.1, 0.15) is 0 Å². The minimum Gasteiger partial charge on any atom is -0.339 e. The van der Waals surface area contributed by atoms with Crippen molar-refractivity contribution in [1.29, 1.82) is 0 Å². The summed E-state index contributed by atoms with van der Waals surface area (Å²) < 4.78 is 5.23. The molecule has 0 saturated heterocycles. The van der Waals surface area contributed by atoms with Crippen molar-refractivity contribution in [3.8, 4) is 0 Å². The highest BCUT2D eigenvalue weighted by atomic mass is 16.5. The van der Waals surface area contributed by atoms with Crippen LogP contribution in [0.25, 0.3) is 0 Å². The van der Waals surface area contributed by atoms with Gasteiger partial charge in [-0.2, -0.15) is 4.98 Å². The number of hydrogen-bond acceptors (Lipinski definition) is 4. The van der Waals surface area contributed by atoms with Crippen LogP contribution in [-0.4, -0.2) is 17.2 Å². The van der Waals surface area contributed by atoms with Crippen LogP contribution in [0.1, 0.15) is 30.1 Å². The predicted octanol–water partition coefficient (Wildman–Crippen LogP) is 1.94. The Hall–Kier alpha value is -1.68. The van der Waals surface area contributed by atoms with Crippen molar-refractivity contribution in [3.63, 3.8) is 0 Å². The summed E-state index contributed by atoms with van der Waals surface area (Å²) in [6.45, 7) is 2.69. The van der Waals surface area contributed by atoms with E-state index in [1.807, 2.05) is 25.2 Å². The molecular formula is C12H15N3O. The van der Waals surface area contributed by atoms with E-state index in [1.165, 1.54) is 5.56 Å². The van der Waals surface area contributed by atoms with Crippen LogP contribution in [0.3, 0.4) is 0 Å². The quantitative estimate of drug-likeness (QED) is 0.850. The number of aromatic nitrogens is 2. The van der Waals surface area contributed by atoms with E-state index in [9.17, 15) is 0 Å². The summed E-state index contributed by atoms with van der Waals surface area (Å²) in [5.74, 6) is 1.50. The molecule has 1 aromatic heterocycles. The normalized spacial score (nSPS) is 12.6. The molecule has 4 nitrogen and oxygen atoms in total. The van der Waals surface area contributed by atoms with Crippen molar-refractivity contribution in [2.45, 2.75) is 19.4 Å². The fourth-order valence-corrected chi connectivity index (χ4v) is 1.56. The van der Waals surface area contributed by atoms with Crippen LogP contribution in [0.2, 0.25) is 0 Å². The SMILES string of the molecule is CNCc1noc(C(C)c2ccccc2)n1. The van der Waals surface area contributed by atoms with Crippen molar-refractivity contribution in [2.75, 3.05) is 7.05 Å². The maximum atomic E-state index is 5.23. The molecule has 2 aromatic rings. The standard InChI is InChI=1S/C12H15N3O/c1-9(10-6-4-3-5-7-10)12-14-11(8-13-2)15-16-12/h3-7,9,13H,8H2,1-2H3. The molecule has 84 valence electrons. The van der Waals surface area contributed by atoms with Crippen molar-refractivity contribution < 1.29 is 4.52 Å². The molecule has 0 fully saturated rings. The van der Waals surface area contributed by atoms with E-state index >= 15 is 0 Å². The summed E-state index contributed by atoms with van der Waals surface area (Å²) >= 11 is 0. The Bertz CT molecular complexity index is 439. The molecule has 0 saturated carbocycles. The zero-order valence-corrected chi connectivity index (χ0v) is 9.47. The van der Waals surface area contributed by atoms with Gasteiger partial charge in [0, 0.05) is 0 Å². The Morgan fingerprint density at radius 3 is 2.75 bits per heavy atom. The van der Waals surface area contributed by atoms with Crippen LogP contribution in [-0.2, 0) is 6.54 Å². The van der Waals surface area contributed by atoms with E-state index in [1.54, 1.807) is 0 Å². The summed E-state index contributed by atoms with van der Waals surface area (Å²) in [7, 11) is 1.86. The first kappa shape index (κ1) is 10.8. The maximum absolute atomic E-state index is 5.23. The van der Waals surface area contributed by atoms with Crippen LogP contribution >= 0.6 is 0 Å². The Labute approximate surface area is 94.7 Å². The second kappa shape index (κ2) is 4.90. The monoisotopic (exact) mass is 217 g/mol. The lowest BCUT2D eigenvalue weighted by Gasteiger charge is -2.05. The van der Waals surface area contributed by atoms with Crippen molar-refractivity contribution in [2.24, 2.45) is 0 Å². The minimum atomic E-state index is 0.138. The Morgan fingerprint density at radius 2 is 2.06 bits per heavy atom. The molecule has 0 bridgehead atoms. The average molecular weight is 217 g/mol. The fraction of sp³-hybridized carbons (Fsp3) is 0.333. The molecule has 0 spiro atoms. The topological polar surface area (TPSA) is 51.0 Å². The third-order valence-corrected chi connectivity index (χ3v) is 2.49. The largest absolute Gasteiger partial charge is 0.339 e. The van der Waals surface area contributed by atoms with E-state index in [4.69, 9.17) is 4.52 Å². The van der Waals surface area contributed by atoms with E-state index in [-0.39, 0.29) is 5.92 Å². The molecule has 0 aliphatic carbocycles. The second-order valence-corrected chi connectivity index (χ2v) is 3.71. The number of nitrogens with zero attached hydrogens (tertiary/aromatic N) is 2.